The number of carbonyl (C=O) groups is 1. The zero-order valence-corrected chi connectivity index (χ0v) is 12.4. The Labute approximate surface area is 124 Å². The molecule has 110 valence electrons. The maximum Gasteiger partial charge on any atom is 0.238 e. The van der Waals surface area contributed by atoms with E-state index < -0.39 is 0 Å². The first-order valence-electron chi connectivity index (χ1n) is 7.24. The van der Waals surface area contributed by atoms with Crippen molar-refractivity contribution in [1.82, 2.24) is 15.1 Å². The lowest BCUT2D eigenvalue weighted by molar-refractivity contribution is -0.117. The molecule has 2 aromatic rings. The van der Waals surface area contributed by atoms with Crippen LogP contribution in [0.5, 0.6) is 0 Å². The summed E-state index contributed by atoms with van der Waals surface area (Å²) in [7, 11) is 0. The fourth-order valence-corrected chi connectivity index (χ4v) is 2.81. The van der Waals surface area contributed by atoms with Crippen LogP contribution in [0.25, 0.3) is 0 Å². The second kappa shape index (κ2) is 5.69. The van der Waals surface area contributed by atoms with E-state index >= 15 is 0 Å². The van der Waals surface area contributed by atoms with Gasteiger partial charge < -0.3 is 5.32 Å². The maximum atomic E-state index is 12.2. The summed E-state index contributed by atoms with van der Waals surface area (Å²) in [6, 6.07) is 8.45. The highest BCUT2D eigenvalue weighted by Crippen LogP contribution is 2.19. The number of aromatic nitrogens is 2. The standard InChI is InChI=1S/C16H20N4O/c1-11-16(12(2)19-18-11)17-15(21)10-20-8-7-13-5-3-4-6-14(13)9-20/h3-6H,7-10H2,1-2H3,(H,17,21)(H,18,19). The number of nitrogens with zero attached hydrogens (tertiary/aromatic N) is 2. The molecule has 0 bridgehead atoms. The van der Waals surface area contributed by atoms with E-state index in [1.165, 1.54) is 11.1 Å². The topological polar surface area (TPSA) is 61.0 Å². The highest BCUT2D eigenvalue weighted by atomic mass is 16.2. The summed E-state index contributed by atoms with van der Waals surface area (Å²) in [6.07, 6.45) is 1.01. The van der Waals surface area contributed by atoms with Crippen molar-refractivity contribution >= 4 is 11.6 Å². The van der Waals surface area contributed by atoms with E-state index in [9.17, 15) is 4.79 Å². The minimum absolute atomic E-state index is 0.0157. The Balaban J connectivity index is 1.62. The Morgan fingerprint density at radius 1 is 1.33 bits per heavy atom. The van der Waals surface area contributed by atoms with Gasteiger partial charge in [-0.25, -0.2) is 0 Å². The Bertz CT molecular complexity index is 643. The van der Waals surface area contributed by atoms with Crippen molar-refractivity contribution in [3.8, 4) is 0 Å². The molecule has 3 rings (SSSR count). The van der Waals surface area contributed by atoms with Gasteiger partial charge in [0.05, 0.1) is 23.6 Å². The summed E-state index contributed by atoms with van der Waals surface area (Å²) in [5.74, 6) is 0.0157. The highest BCUT2D eigenvalue weighted by Gasteiger charge is 2.19. The van der Waals surface area contributed by atoms with Crippen molar-refractivity contribution in [3.63, 3.8) is 0 Å². The summed E-state index contributed by atoms with van der Waals surface area (Å²) in [4.78, 5) is 14.4. The first kappa shape index (κ1) is 13.8. The van der Waals surface area contributed by atoms with Gasteiger partial charge in [0, 0.05) is 13.1 Å². The molecule has 1 amide bonds. The second-order valence-electron chi connectivity index (χ2n) is 5.59. The number of aryl methyl sites for hydroxylation is 2. The van der Waals surface area contributed by atoms with E-state index in [1.54, 1.807) is 0 Å². The average Bonchev–Trinajstić information content (AvgIpc) is 2.79. The van der Waals surface area contributed by atoms with Crippen LogP contribution in [0.3, 0.4) is 0 Å². The molecule has 1 aromatic heterocycles. The van der Waals surface area contributed by atoms with Gasteiger partial charge in [0.25, 0.3) is 0 Å². The van der Waals surface area contributed by atoms with Gasteiger partial charge in [-0.05, 0) is 31.4 Å². The summed E-state index contributed by atoms with van der Waals surface area (Å²) >= 11 is 0. The van der Waals surface area contributed by atoms with Crippen LogP contribution < -0.4 is 5.32 Å². The SMILES string of the molecule is Cc1n[nH]c(C)c1NC(=O)CN1CCc2ccccc2C1. The predicted octanol–water partition coefficient (Wildman–Crippen LogP) is 2.02. The van der Waals surface area contributed by atoms with E-state index in [2.05, 4.69) is 44.7 Å². The van der Waals surface area contributed by atoms with Crippen molar-refractivity contribution in [2.75, 3.05) is 18.4 Å². The van der Waals surface area contributed by atoms with Crippen molar-refractivity contribution in [1.29, 1.82) is 0 Å². The monoisotopic (exact) mass is 284 g/mol. The summed E-state index contributed by atoms with van der Waals surface area (Å²) in [5, 5.41) is 9.93. The molecule has 0 atom stereocenters. The molecular weight excluding hydrogens is 264 g/mol. The molecule has 0 saturated carbocycles. The van der Waals surface area contributed by atoms with Crippen LogP contribution in [-0.2, 0) is 17.8 Å². The molecule has 21 heavy (non-hydrogen) atoms. The molecule has 0 fully saturated rings. The molecule has 0 radical (unpaired) electrons. The fourth-order valence-electron chi connectivity index (χ4n) is 2.81. The summed E-state index contributed by atoms with van der Waals surface area (Å²) in [5.41, 5.74) is 5.25. The Morgan fingerprint density at radius 3 is 2.81 bits per heavy atom. The van der Waals surface area contributed by atoms with Crippen LogP contribution in [-0.4, -0.2) is 34.1 Å². The van der Waals surface area contributed by atoms with Crippen molar-refractivity contribution < 1.29 is 4.79 Å². The smallest absolute Gasteiger partial charge is 0.238 e. The van der Waals surface area contributed by atoms with Gasteiger partial charge in [-0.1, -0.05) is 24.3 Å². The number of aromatic amines is 1. The van der Waals surface area contributed by atoms with Gasteiger partial charge in [0.15, 0.2) is 0 Å². The zero-order chi connectivity index (χ0) is 14.8. The predicted molar refractivity (Wildman–Crippen MR) is 82.1 cm³/mol. The van der Waals surface area contributed by atoms with E-state index in [-0.39, 0.29) is 5.91 Å². The van der Waals surface area contributed by atoms with E-state index in [0.717, 1.165) is 36.6 Å². The number of carbonyl (C=O) groups excluding carboxylic acids is 1. The number of amides is 1. The first-order chi connectivity index (χ1) is 10.1. The number of fused-ring (bicyclic) bond motifs is 1. The lowest BCUT2D eigenvalue weighted by atomic mass is 10.00. The van der Waals surface area contributed by atoms with Crippen LogP contribution in [0.4, 0.5) is 5.69 Å². The van der Waals surface area contributed by atoms with Crippen molar-refractivity contribution in [2.45, 2.75) is 26.8 Å². The number of anilines is 1. The number of benzene rings is 1. The van der Waals surface area contributed by atoms with Crippen LogP contribution >= 0.6 is 0 Å². The minimum Gasteiger partial charge on any atom is -0.322 e. The first-order valence-corrected chi connectivity index (χ1v) is 7.24. The number of hydrogen-bond acceptors (Lipinski definition) is 3. The van der Waals surface area contributed by atoms with E-state index in [0.29, 0.717) is 6.54 Å². The second-order valence-corrected chi connectivity index (χ2v) is 5.59. The minimum atomic E-state index is 0.0157. The molecule has 0 unspecified atom stereocenters. The van der Waals surface area contributed by atoms with Gasteiger partial charge in [-0.2, -0.15) is 5.10 Å². The van der Waals surface area contributed by atoms with Gasteiger partial charge in [-0.3, -0.25) is 14.8 Å². The molecule has 1 aliphatic heterocycles. The van der Waals surface area contributed by atoms with Crippen LogP contribution in [0, 0.1) is 13.8 Å². The van der Waals surface area contributed by atoms with Crippen LogP contribution in [0.2, 0.25) is 0 Å². The molecule has 5 nitrogen and oxygen atoms in total. The Hall–Kier alpha value is -2.14. The fraction of sp³-hybridized carbons (Fsp3) is 0.375. The number of rotatable bonds is 3. The van der Waals surface area contributed by atoms with E-state index in [1.807, 2.05) is 13.8 Å². The number of H-pyrrole nitrogens is 1. The van der Waals surface area contributed by atoms with Gasteiger partial charge in [-0.15, -0.1) is 0 Å². The van der Waals surface area contributed by atoms with Gasteiger partial charge >= 0.3 is 0 Å². The maximum absolute atomic E-state index is 12.2. The Kier molecular flexibility index (Phi) is 3.75. The molecule has 0 spiro atoms. The van der Waals surface area contributed by atoms with Crippen LogP contribution in [0.15, 0.2) is 24.3 Å². The molecule has 1 aliphatic rings. The molecule has 0 saturated heterocycles. The van der Waals surface area contributed by atoms with Crippen molar-refractivity contribution in [3.05, 3.63) is 46.8 Å². The van der Waals surface area contributed by atoms with Gasteiger partial charge in [0.1, 0.15) is 0 Å². The van der Waals surface area contributed by atoms with Crippen LogP contribution in [0.1, 0.15) is 22.5 Å². The van der Waals surface area contributed by atoms with Crippen molar-refractivity contribution in [2.24, 2.45) is 0 Å². The lowest BCUT2D eigenvalue weighted by Crippen LogP contribution is -2.37. The molecule has 1 aromatic carbocycles. The molecule has 5 heteroatoms. The zero-order valence-electron chi connectivity index (χ0n) is 12.4. The van der Waals surface area contributed by atoms with Gasteiger partial charge in [0.2, 0.25) is 5.91 Å². The quantitative estimate of drug-likeness (QED) is 0.906. The average molecular weight is 284 g/mol. The number of nitrogens with one attached hydrogen (secondary N) is 2. The lowest BCUT2D eigenvalue weighted by Gasteiger charge is -2.28. The normalized spacial score (nSPS) is 14.8. The third kappa shape index (κ3) is 2.97. The third-order valence-corrected chi connectivity index (χ3v) is 3.97. The Morgan fingerprint density at radius 2 is 2.10 bits per heavy atom. The molecular formula is C16H20N4O. The summed E-state index contributed by atoms with van der Waals surface area (Å²) in [6.45, 7) is 5.97. The molecule has 2 N–H and O–H groups in total. The summed E-state index contributed by atoms with van der Waals surface area (Å²) < 4.78 is 0. The van der Waals surface area contributed by atoms with E-state index in [4.69, 9.17) is 0 Å². The third-order valence-electron chi connectivity index (χ3n) is 3.97. The number of hydrogen-bond donors (Lipinski definition) is 2. The molecule has 0 aliphatic carbocycles. The largest absolute Gasteiger partial charge is 0.322 e. The molecule has 2 heterocycles. The highest BCUT2D eigenvalue weighted by molar-refractivity contribution is 5.93.